The fraction of sp³-hybridized carbons (Fsp3) is 0.444. The molecular weight excluding hydrogens is 371 g/mol. The van der Waals surface area contributed by atoms with Crippen molar-refractivity contribution in [3.8, 4) is 0 Å². The Morgan fingerprint density at radius 1 is 1.53 bits per heavy atom. The lowest BCUT2D eigenvalue weighted by atomic mass is 10.2. The molecule has 0 aliphatic carbocycles. The maximum atomic E-state index is 12.0. The zero-order chi connectivity index (χ0) is 13.1. The second-order valence-corrected chi connectivity index (χ2v) is 4.89. The molecule has 1 unspecified atom stereocenters. The number of hydrogen-bond acceptors (Lipinski definition) is 3. The number of halogens is 5. The Labute approximate surface area is 115 Å². The standard InChI is InChI=1S/C9H9ClF3IN2O/c10-8-1-7(6(14)4-16-8)15-3-5(17)2-9(11,12)13/h1,4-5,17H,2-3H2,(H,15,16). The van der Waals surface area contributed by atoms with Gasteiger partial charge in [0, 0.05) is 12.7 Å². The van der Waals surface area contributed by atoms with Crippen LogP contribution >= 0.6 is 34.2 Å². The second kappa shape index (κ2) is 6.05. The molecule has 1 atom stereocenters. The summed E-state index contributed by atoms with van der Waals surface area (Å²) < 4.78 is 36.6. The molecule has 1 rings (SSSR count). The molecule has 1 heterocycles. The number of nitrogens with one attached hydrogen (secondary N) is 1. The summed E-state index contributed by atoms with van der Waals surface area (Å²) in [6, 6.07) is 1.49. The van der Waals surface area contributed by atoms with Gasteiger partial charge >= 0.3 is 6.18 Å². The van der Waals surface area contributed by atoms with E-state index in [-0.39, 0.29) is 11.7 Å². The fourth-order valence-corrected chi connectivity index (χ4v) is 1.76. The zero-order valence-corrected chi connectivity index (χ0v) is 11.3. The predicted octanol–water partition coefficient (Wildman–Crippen LogP) is 3.06. The van der Waals surface area contributed by atoms with Gasteiger partial charge in [-0.3, -0.25) is 0 Å². The predicted molar refractivity (Wildman–Crippen MR) is 67.1 cm³/mol. The molecule has 0 saturated heterocycles. The van der Waals surface area contributed by atoms with Gasteiger partial charge in [-0.05, 0) is 28.7 Å². The first-order chi connectivity index (χ1) is 7.78. The molecule has 8 heteroatoms. The highest BCUT2D eigenvalue weighted by atomic mass is 127. The Morgan fingerprint density at radius 2 is 2.18 bits per heavy atom. The van der Waals surface area contributed by atoms with E-state index < -0.39 is 18.7 Å². The summed E-state index contributed by atoms with van der Waals surface area (Å²) in [5, 5.41) is 12.1. The smallest absolute Gasteiger partial charge is 0.391 e. The van der Waals surface area contributed by atoms with Crippen LogP contribution in [0.25, 0.3) is 0 Å². The third-order valence-electron chi connectivity index (χ3n) is 1.82. The van der Waals surface area contributed by atoms with Gasteiger partial charge in [-0.15, -0.1) is 0 Å². The lowest BCUT2D eigenvalue weighted by Gasteiger charge is -2.15. The van der Waals surface area contributed by atoms with Crippen LogP contribution in [0.5, 0.6) is 0 Å². The van der Waals surface area contributed by atoms with Crippen LogP contribution in [0, 0.1) is 3.57 Å². The SMILES string of the molecule is OC(CNc1cc(Cl)ncc1I)CC(F)(F)F. The summed E-state index contributed by atoms with van der Waals surface area (Å²) in [4.78, 5) is 3.80. The molecule has 0 radical (unpaired) electrons. The van der Waals surface area contributed by atoms with Crippen molar-refractivity contribution in [3.63, 3.8) is 0 Å². The van der Waals surface area contributed by atoms with Crippen LogP contribution in [0.2, 0.25) is 5.15 Å². The van der Waals surface area contributed by atoms with Gasteiger partial charge in [0.15, 0.2) is 0 Å². The number of hydrogen-bond donors (Lipinski definition) is 2. The summed E-state index contributed by atoms with van der Waals surface area (Å²) >= 11 is 7.61. The Kier molecular flexibility index (Phi) is 5.26. The molecule has 0 aromatic carbocycles. The van der Waals surface area contributed by atoms with Crippen molar-refractivity contribution in [3.05, 3.63) is 21.0 Å². The van der Waals surface area contributed by atoms with Crippen molar-refractivity contribution in [1.29, 1.82) is 0 Å². The van der Waals surface area contributed by atoms with E-state index in [0.717, 1.165) is 0 Å². The maximum Gasteiger partial charge on any atom is 0.391 e. The summed E-state index contributed by atoms with van der Waals surface area (Å²) in [6.45, 7) is -0.199. The van der Waals surface area contributed by atoms with E-state index in [2.05, 4.69) is 10.3 Å². The topological polar surface area (TPSA) is 45.1 Å². The Balaban J connectivity index is 2.53. The van der Waals surface area contributed by atoms with Crippen LogP contribution in [-0.2, 0) is 0 Å². The van der Waals surface area contributed by atoms with E-state index >= 15 is 0 Å². The van der Waals surface area contributed by atoms with Crippen LogP contribution in [0.1, 0.15) is 6.42 Å². The van der Waals surface area contributed by atoms with E-state index in [1.54, 1.807) is 0 Å². The average molecular weight is 381 g/mol. The molecule has 1 aromatic rings. The van der Waals surface area contributed by atoms with Gasteiger partial charge in [0.05, 0.1) is 21.8 Å². The Hall–Kier alpha value is -0.280. The molecule has 2 N–H and O–H groups in total. The number of pyridine rings is 1. The highest BCUT2D eigenvalue weighted by Gasteiger charge is 2.30. The summed E-state index contributed by atoms with van der Waals surface area (Å²) in [5.41, 5.74) is 0.548. The van der Waals surface area contributed by atoms with Crippen molar-refractivity contribution in [2.24, 2.45) is 0 Å². The minimum Gasteiger partial charge on any atom is -0.391 e. The number of nitrogens with zero attached hydrogens (tertiary/aromatic N) is 1. The van der Waals surface area contributed by atoms with E-state index in [9.17, 15) is 18.3 Å². The first-order valence-corrected chi connectivity index (χ1v) is 6.03. The van der Waals surface area contributed by atoms with Crippen LogP contribution in [0.3, 0.4) is 0 Å². The maximum absolute atomic E-state index is 12.0. The van der Waals surface area contributed by atoms with E-state index in [4.69, 9.17) is 11.6 Å². The zero-order valence-electron chi connectivity index (χ0n) is 8.43. The molecule has 17 heavy (non-hydrogen) atoms. The van der Waals surface area contributed by atoms with Gasteiger partial charge in [0.25, 0.3) is 0 Å². The second-order valence-electron chi connectivity index (χ2n) is 3.34. The van der Waals surface area contributed by atoms with Crippen LogP contribution in [0.15, 0.2) is 12.3 Å². The highest BCUT2D eigenvalue weighted by molar-refractivity contribution is 14.1. The molecular formula is C9H9ClF3IN2O. The van der Waals surface area contributed by atoms with Gasteiger partial charge in [0.1, 0.15) is 5.15 Å². The van der Waals surface area contributed by atoms with Crippen molar-refractivity contribution in [2.75, 3.05) is 11.9 Å². The molecule has 3 nitrogen and oxygen atoms in total. The van der Waals surface area contributed by atoms with Gasteiger partial charge < -0.3 is 10.4 Å². The Morgan fingerprint density at radius 3 is 2.76 bits per heavy atom. The van der Waals surface area contributed by atoms with Gasteiger partial charge in [-0.1, -0.05) is 11.6 Å². The van der Waals surface area contributed by atoms with Crippen LogP contribution < -0.4 is 5.32 Å². The molecule has 0 saturated carbocycles. The van der Waals surface area contributed by atoms with Gasteiger partial charge in [0.2, 0.25) is 0 Å². The van der Waals surface area contributed by atoms with Crippen molar-refractivity contribution < 1.29 is 18.3 Å². The lowest BCUT2D eigenvalue weighted by Crippen LogP contribution is -2.26. The summed E-state index contributed by atoms with van der Waals surface area (Å²) in [5.74, 6) is 0. The van der Waals surface area contributed by atoms with Gasteiger partial charge in [-0.25, -0.2) is 4.98 Å². The minimum atomic E-state index is -4.37. The number of rotatable bonds is 4. The van der Waals surface area contributed by atoms with Crippen molar-refractivity contribution in [2.45, 2.75) is 18.7 Å². The van der Waals surface area contributed by atoms with Crippen LogP contribution in [-0.4, -0.2) is 28.9 Å². The molecule has 0 bridgehead atoms. The van der Waals surface area contributed by atoms with E-state index in [1.165, 1.54) is 12.3 Å². The lowest BCUT2D eigenvalue weighted by molar-refractivity contribution is -0.151. The molecule has 0 aliphatic heterocycles. The largest absolute Gasteiger partial charge is 0.391 e. The third kappa shape index (κ3) is 5.73. The highest BCUT2D eigenvalue weighted by Crippen LogP contribution is 2.23. The number of anilines is 1. The van der Waals surface area contributed by atoms with Crippen molar-refractivity contribution >= 4 is 39.9 Å². The number of aliphatic hydroxyl groups excluding tert-OH is 1. The minimum absolute atomic E-state index is 0.199. The van der Waals surface area contributed by atoms with E-state index in [1.807, 2.05) is 22.6 Å². The average Bonchev–Trinajstić information content (AvgIpc) is 2.17. The molecule has 0 spiro atoms. The van der Waals surface area contributed by atoms with Crippen molar-refractivity contribution in [1.82, 2.24) is 4.98 Å². The quantitative estimate of drug-likeness (QED) is 0.623. The fourth-order valence-electron chi connectivity index (χ4n) is 1.12. The summed E-state index contributed by atoms with van der Waals surface area (Å²) in [7, 11) is 0. The Bertz CT molecular complexity index is 389. The monoisotopic (exact) mass is 380 g/mol. The first kappa shape index (κ1) is 14.8. The van der Waals surface area contributed by atoms with Gasteiger partial charge in [-0.2, -0.15) is 13.2 Å². The number of alkyl halides is 3. The number of aromatic nitrogens is 1. The normalized spacial score (nSPS) is 13.5. The number of aliphatic hydroxyl groups is 1. The molecule has 0 aliphatic rings. The van der Waals surface area contributed by atoms with E-state index in [0.29, 0.717) is 9.26 Å². The molecule has 0 fully saturated rings. The first-order valence-electron chi connectivity index (χ1n) is 4.57. The third-order valence-corrected chi connectivity index (χ3v) is 2.88. The molecule has 1 aromatic heterocycles. The van der Waals surface area contributed by atoms with Crippen LogP contribution in [0.4, 0.5) is 18.9 Å². The summed E-state index contributed by atoms with van der Waals surface area (Å²) in [6.07, 6.45) is -5.61. The molecule has 96 valence electrons. The molecule has 0 amide bonds.